The number of hydrogen-bond donors (Lipinski definition) is 0. The van der Waals surface area contributed by atoms with Gasteiger partial charge in [-0.15, -0.1) is 0 Å². The van der Waals surface area contributed by atoms with Gasteiger partial charge in [-0.3, -0.25) is 4.68 Å². The van der Waals surface area contributed by atoms with Gasteiger partial charge in [0, 0.05) is 5.69 Å². The van der Waals surface area contributed by atoms with Crippen molar-refractivity contribution in [2.75, 3.05) is 0 Å². The molecule has 2 nitrogen and oxygen atoms in total. The molecule has 0 bridgehead atoms. The Morgan fingerprint density at radius 3 is 2.59 bits per heavy atom. The lowest BCUT2D eigenvalue weighted by Gasteiger charge is -2.07. The van der Waals surface area contributed by atoms with Gasteiger partial charge in [0.2, 0.25) is 0 Å². The molecule has 2 aromatic rings. The number of rotatable bonds is 2. The Hall–Kier alpha value is -0.260. The second-order valence-electron chi connectivity index (χ2n) is 3.86. The van der Waals surface area contributed by atoms with Crippen molar-refractivity contribution in [3.05, 3.63) is 48.8 Å². The van der Waals surface area contributed by atoms with Gasteiger partial charge < -0.3 is 0 Å². The molecule has 90 valence electrons. The van der Waals surface area contributed by atoms with E-state index in [1.54, 1.807) is 6.07 Å². The first kappa shape index (κ1) is 13.2. The molecular weight excluding hydrogens is 370 g/mol. The lowest BCUT2D eigenvalue weighted by molar-refractivity contribution is 0.659. The molecule has 17 heavy (non-hydrogen) atoms. The molecule has 1 heterocycles. The van der Waals surface area contributed by atoms with E-state index < -0.39 is 0 Å². The minimum absolute atomic E-state index is 0.584. The zero-order valence-electron chi connectivity index (χ0n) is 9.47. The number of aromatic nitrogens is 2. The molecule has 0 saturated heterocycles. The molecule has 0 aliphatic heterocycles. The zero-order chi connectivity index (χ0) is 12.6. The highest BCUT2D eigenvalue weighted by Crippen LogP contribution is 2.27. The number of nitrogens with zero attached hydrogens (tertiary/aromatic N) is 2. The van der Waals surface area contributed by atoms with E-state index in [-0.39, 0.29) is 0 Å². The molecule has 0 aliphatic rings. The molecule has 0 amide bonds. The second-order valence-corrected chi connectivity index (χ2v) is 5.72. The van der Waals surface area contributed by atoms with Crippen molar-refractivity contribution < 1.29 is 0 Å². The van der Waals surface area contributed by atoms with Crippen LogP contribution in [0.3, 0.4) is 0 Å². The molecule has 0 N–H and O–H groups in total. The summed E-state index contributed by atoms with van der Waals surface area (Å²) in [5, 5.41) is 5.68. The van der Waals surface area contributed by atoms with Gasteiger partial charge in [-0.05, 0) is 48.1 Å². The van der Waals surface area contributed by atoms with Crippen molar-refractivity contribution in [3.8, 4) is 0 Å². The molecule has 0 unspecified atom stereocenters. The normalized spacial score (nSPS) is 10.9. The van der Waals surface area contributed by atoms with Gasteiger partial charge in [0.15, 0.2) is 0 Å². The number of halogens is 3. The van der Waals surface area contributed by atoms with Gasteiger partial charge in [0.1, 0.15) is 0 Å². The van der Waals surface area contributed by atoms with Crippen molar-refractivity contribution in [2.24, 2.45) is 0 Å². The summed E-state index contributed by atoms with van der Waals surface area (Å²) < 4.78 is 3.15. The van der Waals surface area contributed by atoms with Crippen LogP contribution >= 0.6 is 45.8 Å². The van der Waals surface area contributed by atoms with E-state index in [1.165, 1.54) is 3.57 Å². The van der Waals surface area contributed by atoms with Gasteiger partial charge >= 0.3 is 0 Å². The van der Waals surface area contributed by atoms with Crippen LogP contribution in [0, 0.1) is 17.4 Å². The SMILES string of the molecule is Cc1nn(Cc2cccc(Cl)c2Cl)c(C)c1I. The van der Waals surface area contributed by atoms with Crippen LogP contribution < -0.4 is 0 Å². The van der Waals surface area contributed by atoms with Crippen molar-refractivity contribution in [3.63, 3.8) is 0 Å². The van der Waals surface area contributed by atoms with Crippen molar-refractivity contribution in [2.45, 2.75) is 20.4 Å². The van der Waals surface area contributed by atoms with Crippen molar-refractivity contribution in [1.29, 1.82) is 0 Å². The monoisotopic (exact) mass is 380 g/mol. The first-order chi connectivity index (χ1) is 8.00. The van der Waals surface area contributed by atoms with Crippen LogP contribution in [0.4, 0.5) is 0 Å². The summed E-state index contributed by atoms with van der Waals surface area (Å²) in [4.78, 5) is 0. The fourth-order valence-corrected chi connectivity index (χ4v) is 2.43. The van der Waals surface area contributed by atoms with E-state index in [2.05, 4.69) is 34.6 Å². The van der Waals surface area contributed by atoms with E-state index in [4.69, 9.17) is 23.2 Å². The van der Waals surface area contributed by atoms with Gasteiger partial charge in [0.25, 0.3) is 0 Å². The lowest BCUT2D eigenvalue weighted by atomic mass is 10.2. The lowest BCUT2D eigenvalue weighted by Crippen LogP contribution is -2.04. The molecule has 1 aromatic heterocycles. The van der Waals surface area contributed by atoms with Gasteiger partial charge in [0.05, 0.1) is 25.9 Å². The van der Waals surface area contributed by atoms with Gasteiger partial charge in [-0.25, -0.2) is 0 Å². The quantitative estimate of drug-likeness (QED) is 0.703. The maximum atomic E-state index is 6.17. The van der Waals surface area contributed by atoms with Crippen LogP contribution in [0.1, 0.15) is 17.0 Å². The molecule has 0 radical (unpaired) electrons. The Morgan fingerprint density at radius 1 is 1.29 bits per heavy atom. The molecule has 0 atom stereocenters. The molecule has 0 spiro atoms. The summed E-state index contributed by atoms with van der Waals surface area (Å²) in [6.45, 7) is 4.71. The fourth-order valence-electron chi connectivity index (χ4n) is 1.66. The smallest absolute Gasteiger partial charge is 0.0730 e. The topological polar surface area (TPSA) is 17.8 Å². The molecule has 5 heteroatoms. The molecule has 0 aliphatic carbocycles. The first-order valence-corrected chi connectivity index (χ1v) is 6.96. The van der Waals surface area contributed by atoms with E-state index >= 15 is 0 Å². The Bertz CT molecular complexity index is 564. The molecule has 1 aromatic carbocycles. The summed E-state index contributed by atoms with van der Waals surface area (Å²) in [5.74, 6) is 0. The molecule has 0 saturated carbocycles. The Balaban J connectivity index is 2.38. The zero-order valence-corrected chi connectivity index (χ0v) is 13.1. The van der Waals surface area contributed by atoms with Crippen LogP contribution in [0.15, 0.2) is 18.2 Å². The third kappa shape index (κ3) is 2.61. The van der Waals surface area contributed by atoms with Crippen LogP contribution in [-0.4, -0.2) is 9.78 Å². The highest BCUT2D eigenvalue weighted by Gasteiger charge is 2.11. The van der Waals surface area contributed by atoms with E-state index in [0.717, 1.165) is 17.0 Å². The first-order valence-electron chi connectivity index (χ1n) is 5.13. The second kappa shape index (κ2) is 5.16. The highest BCUT2D eigenvalue weighted by molar-refractivity contribution is 14.1. The summed E-state index contributed by atoms with van der Waals surface area (Å²) in [5.41, 5.74) is 3.18. The van der Waals surface area contributed by atoms with Crippen molar-refractivity contribution >= 4 is 45.8 Å². The van der Waals surface area contributed by atoms with Crippen LogP contribution in [0.2, 0.25) is 10.0 Å². The van der Waals surface area contributed by atoms with Crippen LogP contribution in [0.5, 0.6) is 0 Å². The predicted molar refractivity (Wildman–Crippen MR) is 80.0 cm³/mol. The Morgan fingerprint density at radius 2 is 2.00 bits per heavy atom. The Labute approximate surface area is 124 Å². The maximum Gasteiger partial charge on any atom is 0.0730 e. The summed E-state index contributed by atoms with van der Waals surface area (Å²) >= 11 is 14.5. The summed E-state index contributed by atoms with van der Waals surface area (Å²) in [6.07, 6.45) is 0. The van der Waals surface area contributed by atoms with E-state index in [9.17, 15) is 0 Å². The third-order valence-corrected chi connectivity index (χ3v) is 5.06. The van der Waals surface area contributed by atoms with E-state index in [1.807, 2.05) is 23.7 Å². The number of benzene rings is 1. The standard InChI is InChI=1S/C12H11Cl2IN2/c1-7-12(15)8(2)17(16-7)6-9-4-3-5-10(13)11(9)14/h3-5H,6H2,1-2H3. The maximum absolute atomic E-state index is 6.17. The van der Waals surface area contributed by atoms with E-state index in [0.29, 0.717) is 16.6 Å². The highest BCUT2D eigenvalue weighted by atomic mass is 127. The Kier molecular flexibility index (Phi) is 4.00. The van der Waals surface area contributed by atoms with Crippen LogP contribution in [0.25, 0.3) is 0 Å². The molecule has 0 fully saturated rings. The average molecular weight is 381 g/mol. The van der Waals surface area contributed by atoms with Gasteiger partial charge in [-0.1, -0.05) is 35.3 Å². The number of aryl methyl sites for hydroxylation is 1. The average Bonchev–Trinajstić information content (AvgIpc) is 2.53. The summed E-state index contributed by atoms with van der Waals surface area (Å²) in [7, 11) is 0. The minimum atomic E-state index is 0.584. The predicted octanol–water partition coefficient (Wildman–Crippen LogP) is 4.46. The van der Waals surface area contributed by atoms with Gasteiger partial charge in [-0.2, -0.15) is 5.10 Å². The third-order valence-electron chi connectivity index (χ3n) is 2.64. The largest absolute Gasteiger partial charge is 0.264 e. The van der Waals surface area contributed by atoms with Crippen LogP contribution in [-0.2, 0) is 6.54 Å². The summed E-state index contributed by atoms with van der Waals surface area (Å²) in [6, 6.07) is 5.66. The minimum Gasteiger partial charge on any atom is -0.264 e. The fraction of sp³-hybridized carbons (Fsp3) is 0.250. The molecular formula is C12H11Cl2IN2. The molecule has 2 rings (SSSR count). The number of hydrogen-bond acceptors (Lipinski definition) is 1. The van der Waals surface area contributed by atoms with Crippen molar-refractivity contribution in [1.82, 2.24) is 9.78 Å².